The Morgan fingerprint density at radius 1 is 1.24 bits per heavy atom. The highest BCUT2D eigenvalue weighted by Crippen LogP contribution is 2.40. The summed E-state index contributed by atoms with van der Waals surface area (Å²) in [6.07, 6.45) is 1.46. The van der Waals surface area contributed by atoms with Crippen molar-refractivity contribution in [2.45, 2.75) is 37.4 Å². The minimum Gasteiger partial charge on any atom is -0.486 e. The van der Waals surface area contributed by atoms with Gasteiger partial charge < -0.3 is 9.53 Å². The Hall–Kier alpha value is -2.35. The van der Waals surface area contributed by atoms with Crippen molar-refractivity contribution in [2.75, 3.05) is 0 Å². The molecule has 4 rings (SSSR count). The van der Waals surface area contributed by atoms with Gasteiger partial charge in [-0.3, -0.25) is 0 Å². The zero-order valence-electron chi connectivity index (χ0n) is 15.8. The maximum atomic E-state index is 14.6. The molecule has 4 nitrogen and oxygen atoms in total. The van der Waals surface area contributed by atoms with E-state index in [1.54, 1.807) is 10.4 Å². The molecule has 1 aromatic heterocycles. The quantitative estimate of drug-likeness (QED) is 0.499. The molecule has 2 aromatic carbocycles. The van der Waals surface area contributed by atoms with Gasteiger partial charge in [-0.15, -0.1) is 11.3 Å². The molecule has 29 heavy (non-hydrogen) atoms. The maximum Gasteiger partial charge on any atom is 0.165 e. The zero-order chi connectivity index (χ0) is 20.4. The van der Waals surface area contributed by atoms with E-state index < -0.39 is 16.8 Å². The Kier molecular flexibility index (Phi) is 5.89. The van der Waals surface area contributed by atoms with Crippen LogP contribution in [-0.4, -0.2) is 20.8 Å². The van der Waals surface area contributed by atoms with Crippen LogP contribution < -0.4 is 4.74 Å². The predicted octanol–water partition coefficient (Wildman–Crippen LogP) is 4.95. The van der Waals surface area contributed by atoms with Gasteiger partial charge in [0.05, 0.1) is 10.9 Å². The van der Waals surface area contributed by atoms with Crippen LogP contribution in [0.2, 0.25) is 0 Å². The monoisotopic (exact) mass is 429 g/mol. The molecule has 0 radical (unpaired) electrons. The summed E-state index contributed by atoms with van der Waals surface area (Å²) in [6, 6.07) is 16.0. The summed E-state index contributed by atoms with van der Waals surface area (Å²) >= 11 is 1.49. The van der Waals surface area contributed by atoms with E-state index in [-0.39, 0.29) is 11.8 Å². The second-order valence-electron chi connectivity index (χ2n) is 6.75. The Morgan fingerprint density at radius 3 is 2.69 bits per heavy atom. The molecule has 0 aliphatic carbocycles. The Morgan fingerprint density at radius 2 is 2.03 bits per heavy atom. The van der Waals surface area contributed by atoms with Crippen LogP contribution in [0.5, 0.6) is 5.75 Å². The molecule has 3 aromatic rings. The van der Waals surface area contributed by atoms with Crippen LogP contribution in [-0.2, 0) is 28.9 Å². The highest BCUT2D eigenvalue weighted by Gasteiger charge is 2.34. The van der Waals surface area contributed by atoms with Crippen LogP contribution in [0, 0.1) is 5.82 Å². The Labute approximate surface area is 175 Å². The molecule has 1 aliphatic heterocycles. The third-order valence-electron chi connectivity index (χ3n) is 4.87. The first-order valence-electron chi connectivity index (χ1n) is 9.34. The molecule has 0 saturated heterocycles. The third kappa shape index (κ3) is 4.03. The number of benzene rings is 2. The fourth-order valence-corrected chi connectivity index (χ4v) is 6.22. The second-order valence-corrected chi connectivity index (χ2v) is 9.30. The Balaban J connectivity index is 1.50. The van der Waals surface area contributed by atoms with Gasteiger partial charge in [0.25, 0.3) is 0 Å². The van der Waals surface area contributed by atoms with Gasteiger partial charge in [0.1, 0.15) is 23.9 Å². The number of ether oxygens (including phenoxy) is 1. The van der Waals surface area contributed by atoms with Gasteiger partial charge >= 0.3 is 0 Å². The molecule has 0 fully saturated rings. The van der Waals surface area contributed by atoms with Crippen LogP contribution in [0.15, 0.2) is 59.5 Å². The van der Waals surface area contributed by atoms with Gasteiger partial charge in [0, 0.05) is 16.3 Å². The summed E-state index contributed by atoms with van der Waals surface area (Å²) in [4.78, 5) is 13.8. The minimum atomic E-state index is -1.36. The maximum absolute atomic E-state index is 14.6. The van der Waals surface area contributed by atoms with Crippen LogP contribution in [0.4, 0.5) is 4.39 Å². The van der Waals surface area contributed by atoms with Crippen LogP contribution in [0.25, 0.3) is 10.4 Å². The van der Waals surface area contributed by atoms with E-state index in [0.717, 1.165) is 32.1 Å². The van der Waals surface area contributed by atoms with Crippen molar-refractivity contribution in [1.82, 2.24) is 4.31 Å². The zero-order valence-corrected chi connectivity index (χ0v) is 17.5. The van der Waals surface area contributed by atoms with E-state index >= 15 is 0 Å². The molecule has 0 N–H and O–H groups in total. The molecule has 0 bridgehead atoms. The number of nitrogens with zero attached hydrogens (tertiary/aromatic N) is 1. The standard InChI is InChI=1S/C22H20FNO3S2/c1-2-17(13-25)24-12-21-22(29(24)26)11-20(28-21)16-8-9-19(18(23)10-16)27-14-15-6-4-3-5-7-15/h3-11,13,17H,2,12,14H2,1H3. The van der Waals surface area contributed by atoms with Gasteiger partial charge in [-0.05, 0) is 41.8 Å². The smallest absolute Gasteiger partial charge is 0.165 e. The van der Waals surface area contributed by atoms with E-state index in [4.69, 9.17) is 4.74 Å². The first-order chi connectivity index (χ1) is 14.1. The summed E-state index contributed by atoms with van der Waals surface area (Å²) in [5.74, 6) is -0.227. The first-order valence-corrected chi connectivity index (χ1v) is 11.3. The molecular weight excluding hydrogens is 409 g/mol. The topological polar surface area (TPSA) is 46.6 Å². The molecule has 2 heterocycles. The fourth-order valence-electron chi connectivity index (χ4n) is 3.25. The number of halogens is 1. The molecule has 0 spiro atoms. The summed E-state index contributed by atoms with van der Waals surface area (Å²) < 4.78 is 34.6. The lowest BCUT2D eigenvalue weighted by Crippen LogP contribution is -2.33. The van der Waals surface area contributed by atoms with E-state index in [0.29, 0.717) is 19.6 Å². The molecule has 0 saturated carbocycles. The average molecular weight is 430 g/mol. The van der Waals surface area contributed by atoms with Crippen molar-refractivity contribution in [3.63, 3.8) is 0 Å². The molecule has 0 amide bonds. The molecule has 7 heteroatoms. The number of carbonyl (C=O) groups excluding carboxylic acids is 1. The fraction of sp³-hybridized carbons (Fsp3) is 0.227. The van der Waals surface area contributed by atoms with Gasteiger partial charge in [0.15, 0.2) is 11.6 Å². The average Bonchev–Trinajstić information content (AvgIpc) is 3.29. The van der Waals surface area contributed by atoms with Gasteiger partial charge in [-0.2, -0.15) is 0 Å². The highest BCUT2D eigenvalue weighted by molar-refractivity contribution is 7.83. The first kappa shape index (κ1) is 19.9. The van der Waals surface area contributed by atoms with Crippen molar-refractivity contribution in [3.8, 4) is 16.2 Å². The van der Waals surface area contributed by atoms with E-state index in [2.05, 4.69) is 0 Å². The third-order valence-corrected chi connectivity index (χ3v) is 7.73. The van der Waals surface area contributed by atoms with Crippen LogP contribution in [0.1, 0.15) is 23.8 Å². The van der Waals surface area contributed by atoms with E-state index in [1.807, 2.05) is 49.4 Å². The molecular formula is C22H20FNO3S2. The molecule has 150 valence electrons. The molecule has 1 aliphatic rings. The van der Waals surface area contributed by atoms with Crippen molar-refractivity contribution in [1.29, 1.82) is 0 Å². The SMILES string of the molecule is CCC(C=O)N1Cc2sc(-c3ccc(OCc4ccccc4)c(F)c3)cc2S1=O. The van der Waals surface area contributed by atoms with Gasteiger partial charge in [-0.1, -0.05) is 37.3 Å². The second kappa shape index (κ2) is 8.57. The lowest BCUT2D eigenvalue weighted by Gasteiger charge is -2.19. The molecule has 2 unspecified atom stereocenters. The lowest BCUT2D eigenvalue weighted by atomic mass is 10.1. The number of fused-ring (bicyclic) bond motifs is 1. The summed E-state index contributed by atoms with van der Waals surface area (Å²) in [5, 5.41) is 0. The van der Waals surface area contributed by atoms with Gasteiger partial charge in [0.2, 0.25) is 0 Å². The van der Waals surface area contributed by atoms with Crippen molar-refractivity contribution in [3.05, 3.63) is 70.9 Å². The van der Waals surface area contributed by atoms with E-state index in [9.17, 15) is 13.4 Å². The lowest BCUT2D eigenvalue weighted by molar-refractivity contribution is -0.111. The number of hydrogen-bond donors (Lipinski definition) is 0. The summed E-state index contributed by atoms with van der Waals surface area (Å²) in [7, 11) is -1.36. The number of thiophene rings is 1. The summed E-state index contributed by atoms with van der Waals surface area (Å²) in [6.45, 7) is 2.68. The van der Waals surface area contributed by atoms with Crippen molar-refractivity contribution in [2.24, 2.45) is 0 Å². The normalized spacial score (nSPS) is 17.1. The van der Waals surface area contributed by atoms with Crippen LogP contribution in [0.3, 0.4) is 0 Å². The Bertz CT molecular complexity index is 1050. The largest absolute Gasteiger partial charge is 0.486 e. The highest BCUT2D eigenvalue weighted by atomic mass is 32.2. The van der Waals surface area contributed by atoms with Crippen molar-refractivity contribution < 1.29 is 18.1 Å². The number of hydrogen-bond acceptors (Lipinski definition) is 4. The number of aldehydes is 1. The predicted molar refractivity (Wildman–Crippen MR) is 113 cm³/mol. The molecule has 2 atom stereocenters. The van der Waals surface area contributed by atoms with Gasteiger partial charge in [-0.25, -0.2) is 12.9 Å². The van der Waals surface area contributed by atoms with Crippen LogP contribution >= 0.6 is 11.3 Å². The minimum absolute atomic E-state index is 0.202. The number of carbonyl (C=O) groups is 1. The van der Waals surface area contributed by atoms with Crippen molar-refractivity contribution >= 4 is 28.6 Å². The number of rotatable bonds is 7. The summed E-state index contributed by atoms with van der Waals surface area (Å²) in [5.41, 5.74) is 1.69. The van der Waals surface area contributed by atoms with E-state index in [1.165, 1.54) is 17.4 Å².